The van der Waals surface area contributed by atoms with Gasteiger partial charge in [0.2, 0.25) is 6.23 Å². The van der Waals surface area contributed by atoms with Crippen molar-refractivity contribution < 1.29 is 9.53 Å². The molecule has 4 atom stereocenters. The number of aromatic nitrogens is 1. The summed E-state index contributed by atoms with van der Waals surface area (Å²) in [5.74, 6) is 0.431. The number of Topliss-reactive ketones (excluding diaryl/α,β-unsaturated/α-hetero) is 1. The number of allylic oxidation sites excluding steroid dienone is 1. The summed E-state index contributed by atoms with van der Waals surface area (Å²) in [4.78, 5) is 16.9. The molecule has 1 aromatic heterocycles. The van der Waals surface area contributed by atoms with Gasteiger partial charge in [0.1, 0.15) is 12.4 Å². The Kier molecular flexibility index (Phi) is 8.21. The first-order valence-corrected chi connectivity index (χ1v) is 13.4. The number of fused-ring (bicyclic) bond motifs is 1. The summed E-state index contributed by atoms with van der Waals surface area (Å²) < 4.78 is 5.25. The summed E-state index contributed by atoms with van der Waals surface area (Å²) in [7, 11) is 0. The maximum atomic E-state index is 12.2. The highest BCUT2D eigenvalue weighted by molar-refractivity contribution is 5.83. The minimum Gasteiger partial charge on any atom is -0.469 e. The Balaban J connectivity index is 1.15. The summed E-state index contributed by atoms with van der Waals surface area (Å²) in [5.41, 5.74) is 3.55. The van der Waals surface area contributed by atoms with Crippen molar-refractivity contribution in [3.05, 3.63) is 88.6 Å². The monoisotopic (exact) mass is 499 g/mol. The molecule has 0 fully saturated rings. The lowest BCUT2D eigenvalue weighted by Gasteiger charge is -2.28. The number of ether oxygens (including phenoxy) is 1. The third kappa shape index (κ3) is 6.60. The van der Waals surface area contributed by atoms with Gasteiger partial charge in [0.25, 0.3) is 0 Å². The molecule has 1 aromatic carbocycles. The van der Waals surface area contributed by atoms with Gasteiger partial charge in [-0.25, -0.2) is 0 Å². The number of hydrogen-bond donors (Lipinski definition) is 4. The molecule has 0 spiro atoms. The fraction of sp³-hybridized carbons (Fsp3) is 0.400. The van der Waals surface area contributed by atoms with Crippen LogP contribution in [0.2, 0.25) is 0 Å². The minimum absolute atomic E-state index is 0.115. The van der Waals surface area contributed by atoms with E-state index in [1.165, 1.54) is 22.7 Å². The summed E-state index contributed by atoms with van der Waals surface area (Å²) in [5, 5.41) is 16.4. The highest BCUT2D eigenvalue weighted by Crippen LogP contribution is 2.21. The minimum atomic E-state index is -0.503. The zero-order chi connectivity index (χ0) is 25.5. The molecule has 37 heavy (non-hydrogen) atoms. The van der Waals surface area contributed by atoms with Crippen molar-refractivity contribution in [2.45, 2.75) is 70.4 Å². The maximum Gasteiger partial charge on any atom is 0.228 e. The van der Waals surface area contributed by atoms with E-state index in [-0.39, 0.29) is 18.0 Å². The number of ketones is 1. The van der Waals surface area contributed by atoms with Gasteiger partial charge in [-0.1, -0.05) is 61.4 Å². The van der Waals surface area contributed by atoms with Gasteiger partial charge in [0, 0.05) is 48.7 Å². The van der Waals surface area contributed by atoms with E-state index in [2.05, 4.69) is 81.0 Å². The van der Waals surface area contributed by atoms with Crippen LogP contribution in [0.4, 0.5) is 0 Å². The van der Waals surface area contributed by atoms with E-state index in [9.17, 15) is 4.79 Å². The van der Waals surface area contributed by atoms with Gasteiger partial charge in [-0.3, -0.25) is 9.78 Å². The van der Waals surface area contributed by atoms with Crippen LogP contribution in [0.25, 0.3) is 12.2 Å². The number of benzene rings is 1. The molecule has 4 N–H and O–H groups in total. The highest BCUT2D eigenvalue weighted by Gasteiger charge is 2.27. The molecule has 0 amide bonds. The number of nitrogens with zero attached hydrogens (tertiary/aromatic N) is 1. The first-order valence-electron chi connectivity index (χ1n) is 13.4. The molecule has 1 aliphatic carbocycles. The summed E-state index contributed by atoms with van der Waals surface area (Å²) in [6.45, 7) is 2.85. The van der Waals surface area contributed by atoms with Crippen molar-refractivity contribution in [3.8, 4) is 0 Å². The van der Waals surface area contributed by atoms with E-state index >= 15 is 0 Å². The zero-order valence-corrected chi connectivity index (χ0v) is 21.5. The van der Waals surface area contributed by atoms with Crippen LogP contribution in [-0.2, 0) is 16.1 Å². The number of carbonyl (C=O) groups is 1. The van der Waals surface area contributed by atoms with Crippen molar-refractivity contribution in [1.82, 2.24) is 26.3 Å². The van der Waals surface area contributed by atoms with Crippen LogP contribution in [0.15, 0.2) is 66.8 Å². The third-order valence-electron chi connectivity index (χ3n) is 7.26. The predicted molar refractivity (Wildman–Crippen MR) is 146 cm³/mol. The first-order chi connectivity index (χ1) is 18.2. The summed E-state index contributed by atoms with van der Waals surface area (Å²) in [6.07, 6.45) is 15.0. The van der Waals surface area contributed by atoms with Crippen LogP contribution >= 0.6 is 0 Å². The van der Waals surface area contributed by atoms with Gasteiger partial charge < -0.3 is 26.0 Å². The van der Waals surface area contributed by atoms with Crippen molar-refractivity contribution >= 4 is 17.9 Å². The molecular weight excluding hydrogens is 462 g/mol. The van der Waals surface area contributed by atoms with E-state index < -0.39 is 6.23 Å². The van der Waals surface area contributed by atoms with Crippen molar-refractivity contribution in [1.29, 1.82) is 0 Å². The lowest BCUT2D eigenvalue weighted by atomic mass is 9.96. The topological polar surface area (TPSA) is 87.3 Å². The van der Waals surface area contributed by atoms with Crippen LogP contribution in [0, 0.1) is 12.8 Å². The molecule has 0 radical (unpaired) electrons. The third-order valence-corrected chi connectivity index (χ3v) is 7.26. The van der Waals surface area contributed by atoms with Crippen molar-refractivity contribution in [3.63, 3.8) is 0 Å². The Labute approximate surface area is 218 Å². The van der Waals surface area contributed by atoms with E-state index in [1.807, 2.05) is 13.0 Å². The Morgan fingerprint density at radius 1 is 1.14 bits per heavy atom. The van der Waals surface area contributed by atoms with Gasteiger partial charge in [-0.05, 0) is 43.0 Å². The number of hydrogen-bond acceptors (Lipinski definition) is 7. The normalized spacial score (nSPS) is 22.3. The molecule has 7 nitrogen and oxygen atoms in total. The number of nitrogens with one attached hydrogen (secondary N) is 4. The van der Waals surface area contributed by atoms with Crippen LogP contribution in [0.3, 0.4) is 0 Å². The van der Waals surface area contributed by atoms with Gasteiger partial charge in [0.15, 0.2) is 5.78 Å². The lowest BCUT2D eigenvalue weighted by molar-refractivity contribution is -0.127. The Bertz CT molecular complexity index is 1250. The lowest BCUT2D eigenvalue weighted by Crippen LogP contribution is -2.51. The van der Waals surface area contributed by atoms with E-state index in [1.54, 1.807) is 6.20 Å². The van der Waals surface area contributed by atoms with E-state index in [4.69, 9.17) is 4.74 Å². The van der Waals surface area contributed by atoms with E-state index in [0.29, 0.717) is 12.3 Å². The average Bonchev–Trinajstić information content (AvgIpc) is 3.64. The average molecular weight is 500 g/mol. The molecule has 7 heteroatoms. The molecule has 3 heterocycles. The number of rotatable bonds is 12. The molecule has 5 rings (SSSR count). The van der Waals surface area contributed by atoms with Crippen molar-refractivity contribution in [2.24, 2.45) is 5.92 Å². The summed E-state index contributed by atoms with van der Waals surface area (Å²) >= 11 is 0. The maximum absolute atomic E-state index is 12.2. The van der Waals surface area contributed by atoms with Gasteiger partial charge in [0.05, 0.1) is 5.35 Å². The Morgan fingerprint density at radius 2 is 2.03 bits per heavy atom. The quantitative estimate of drug-likeness (QED) is 0.334. The van der Waals surface area contributed by atoms with Crippen LogP contribution in [-0.4, -0.2) is 29.2 Å². The number of aryl methyl sites for hydroxylation is 1. The smallest absolute Gasteiger partial charge is 0.228 e. The SMILES string of the molecule is Cc1ccc2c(n1)=CCC(C1=CNC([C@H](CCCCCC(=O)C3NC=CO3)NCc3ccccc3)N1)C=2. The Hall–Kier alpha value is -3.58. The summed E-state index contributed by atoms with van der Waals surface area (Å²) in [6, 6.07) is 15.0. The second-order valence-electron chi connectivity index (χ2n) is 10.1. The first kappa shape index (κ1) is 25.1. The van der Waals surface area contributed by atoms with Gasteiger partial charge in [-0.15, -0.1) is 0 Å². The highest BCUT2D eigenvalue weighted by atomic mass is 16.5. The second kappa shape index (κ2) is 12.1. The molecule has 2 aromatic rings. The molecule has 0 saturated carbocycles. The van der Waals surface area contributed by atoms with Crippen molar-refractivity contribution in [2.75, 3.05) is 0 Å². The molecule has 3 unspecified atom stereocenters. The predicted octanol–water partition coefficient (Wildman–Crippen LogP) is 2.43. The molecule has 0 bridgehead atoms. The fourth-order valence-corrected chi connectivity index (χ4v) is 5.16. The molecule has 0 saturated heterocycles. The van der Waals surface area contributed by atoms with Gasteiger partial charge in [-0.2, -0.15) is 0 Å². The molecule has 3 aliphatic rings. The standard InChI is InChI=1S/C30H37N5O2/c1-21-12-13-23-18-24(14-15-25(23)34-21)27-20-33-29(35-27)26(32-19-22-8-4-2-5-9-22)10-6-3-7-11-28(36)30-31-16-17-37-30/h2,4-5,8-9,12-13,15-18,20,24,26,29-33,35H,3,6-7,10-11,14,19H2,1H3/t24?,26-,29?,30?/m0/s1. The Morgan fingerprint density at radius 3 is 2.86 bits per heavy atom. The zero-order valence-electron chi connectivity index (χ0n) is 21.5. The van der Waals surface area contributed by atoms with Crippen LogP contribution in [0.5, 0.6) is 0 Å². The van der Waals surface area contributed by atoms with Gasteiger partial charge >= 0.3 is 0 Å². The van der Waals surface area contributed by atoms with Crippen LogP contribution < -0.4 is 31.8 Å². The molecule has 194 valence electrons. The number of unbranched alkanes of at least 4 members (excludes halogenated alkanes) is 2. The number of carbonyl (C=O) groups excluding carboxylic acids is 1. The second-order valence-corrected chi connectivity index (χ2v) is 10.1. The number of pyridine rings is 1. The molecular formula is C30H37N5O2. The molecule has 2 aliphatic heterocycles. The largest absolute Gasteiger partial charge is 0.469 e. The fourth-order valence-electron chi connectivity index (χ4n) is 5.16. The van der Waals surface area contributed by atoms with Crippen LogP contribution in [0.1, 0.15) is 49.8 Å². The van der Waals surface area contributed by atoms with E-state index in [0.717, 1.165) is 49.7 Å².